The van der Waals surface area contributed by atoms with E-state index in [0.717, 1.165) is 66.4 Å². The van der Waals surface area contributed by atoms with E-state index in [9.17, 15) is 5.26 Å². The molecule has 0 radical (unpaired) electrons. The maximum absolute atomic E-state index is 10.3. The zero-order valence-corrected chi connectivity index (χ0v) is 22.0. The Morgan fingerprint density at radius 3 is 1.68 bits per heavy atom. The largest absolute Gasteiger partial charge is 0.455 e. The molecule has 3 nitrogen and oxygen atoms in total. The van der Waals surface area contributed by atoms with Crippen molar-refractivity contribution in [1.29, 1.82) is 10.5 Å². The fourth-order valence-corrected chi connectivity index (χ4v) is 5.55. The molecule has 7 rings (SSSR count). The van der Waals surface area contributed by atoms with Crippen molar-refractivity contribution in [2.45, 2.75) is 0 Å². The number of nitriles is 2. The predicted molar refractivity (Wildman–Crippen MR) is 165 cm³/mol. The van der Waals surface area contributed by atoms with E-state index in [1.165, 1.54) is 0 Å². The number of hydrogen-bond donors (Lipinski definition) is 0. The quantitative estimate of drug-likeness (QED) is 0.231. The van der Waals surface area contributed by atoms with Crippen molar-refractivity contribution in [2.75, 3.05) is 0 Å². The molecule has 0 spiro atoms. The number of furan rings is 1. The Balaban J connectivity index is 1.45. The van der Waals surface area contributed by atoms with Gasteiger partial charge in [-0.25, -0.2) is 0 Å². The van der Waals surface area contributed by atoms with Gasteiger partial charge in [-0.3, -0.25) is 0 Å². The summed E-state index contributed by atoms with van der Waals surface area (Å²) in [4.78, 5) is 0. The van der Waals surface area contributed by atoms with E-state index < -0.39 is 0 Å². The van der Waals surface area contributed by atoms with Gasteiger partial charge < -0.3 is 4.42 Å². The van der Waals surface area contributed by atoms with E-state index >= 15 is 0 Å². The standard InChI is InChI=1S/C38H22N2O/c39-23-25-14-16-26(17-15-25)29-18-19-37-35(20-29)32-13-7-12-31(38(32)41-37)30-21-33(27-8-3-1-4-9-27)36(24-40)34(22-30)28-10-5-2-6-11-28/h1-22H. The molecule has 0 aliphatic carbocycles. The van der Waals surface area contributed by atoms with E-state index in [0.29, 0.717) is 11.1 Å². The third kappa shape index (κ3) is 4.23. The maximum Gasteiger partial charge on any atom is 0.143 e. The smallest absolute Gasteiger partial charge is 0.143 e. The van der Waals surface area contributed by atoms with Crippen LogP contribution >= 0.6 is 0 Å². The summed E-state index contributed by atoms with van der Waals surface area (Å²) in [5, 5.41) is 21.5. The lowest BCUT2D eigenvalue weighted by molar-refractivity contribution is 0.670. The number of nitrogens with zero attached hydrogens (tertiary/aromatic N) is 2. The van der Waals surface area contributed by atoms with Crippen molar-refractivity contribution < 1.29 is 4.42 Å². The number of para-hydroxylation sites is 1. The first-order valence-electron chi connectivity index (χ1n) is 13.4. The van der Waals surface area contributed by atoms with E-state index in [4.69, 9.17) is 9.68 Å². The Kier molecular flexibility index (Phi) is 5.90. The Hall–Kier alpha value is -5.90. The van der Waals surface area contributed by atoms with Crippen molar-refractivity contribution in [3.8, 4) is 56.6 Å². The summed E-state index contributed by atoms with van der Waals surface area (Å²) in [6.45, 7) is 0. The van der Waals surface area contributed by atoms with Crippen molar-refractivity contribution in [2.24, 2.45) is 0 Å². The van der Waals surface area contributed by atoms with Gasteiger partial charge in [0.05, 0.1) is 17.2 Å². The molecule has 0 saturated carbocycles. The average Bonchev–Trinajstić information content (AvgIpc) is 3.43. The summed E-state index contributed by atoms with van der Waals surface area (Å²) >= 11 is 0. The summed E-state index contributed by atoms with van der Waals surface area (Å²) in [6, 6.07) is 49.1. The summed E-state index contributed by atoms with van der Waals surface area (Å²) in [7, 11) is 0. The zero-order valence-electron chi connectivity index (χ0n) is 22.0. The molecule has 0 unspecified atom stereocenters. The minimum Gasteiger partial charge on any atom is -0.455 e. The first-order chi connectivity index (χ1) is 20.2. The second-order valence-corrected chi connectivity index (χ2v) is 9.97. The SMILES string of the molecule is N#Cc1ccc(-c2ccc3oc4c(-c5cc(-c6ccccc6)c(C#N)c(-c6ccccc6)c5)cccc4c3c2)cc1. The Labute approximate surface area is 237 Å². The lowest BCUT2D eigenvalue weighted by Crippen LogP contribution is -1.93. The highest BCUT2D eigenvalue weighted by Gasteiger charge is 2.18. The molecule has 0 bridgehead atoms. The van der Waals surface area contributed by atoms with Crippen LogP contribution in [0.2, 0.25) is 0 Å². The molecule has 1 aromatic heterocycles. The third-order valence-electron chi connectivity index (χ3n) is 7.57. The van der Waals surface area contributed by atoms with Gasteiger partial charge in [0.2, 0.25) is 0 Å². The number of rotatable bonds is 4. The van der Waals surface area contributed by atoms with Crippen LogP contribution in [0.5, 0.6) is 0 Å². The molecule has 190 valence electrons. The molecule has 1 heterocycles. The van der Waals surface area contributed by atoms with Crippen LogP contribution in [-0.4, -0.2) is 0 Å². The molecule has 0 amide bonds. The van der Waals surface area contributed by atoms with Gasteiger partial charge in [-0.2, -0.15) is 10.5 Å². The molecule has 0 N–H and O–H groups in total. The van der Waals surface area contributed by atoms with Crippen molar-refractivity contribution in [3.05, 3.63) is 145 Å². The Morgan fingerprint density at radius 1 is 0.439 bits per heavy atom. The van der Waals surface area contributed by atoms with Crippen LogP contribution in [0.1, 0.15) is 11.1 Å². The fraction of sp³-hybridized carbons (Fsp3) is 0. The summed E-state index contributed by atoms with van der Waals surface area (Å²) in [5.41, 5.74) is 10.7. The monoisotopic (exact) mass is 522 g/mol. The topological polar surface area (TPSA) is 60.7 Å². The fourth-order valence-electron chi connectivity index (χ4n) is 5.55. The molecule has 0 aliphatic rings. The van der Waals surface area contributed by atoms with Crippen molar-refractivity contribution in [1.82, 2.24) is 0 Å². The van der Waals surface area contributed by atoms with Crippen LogP contribution in [-0.2, 0) is 0 Å². The summed E-state index contributed by atoms with van der Waals surface area (Å²) in [5.74, 6) is 0. The zero-order chi connectivity index (χ0) is 27.8. The number of hydrogen-bond acceptors (Lipinski definition) is 3. The minimum absolute atomic E-state index is 0.639. The molecule has 7 aromatic rings. The first kappa shape index (κ1) is 24.2. The van der Waals surface area contributed by atoms with Gasteiger partial charge in [0.1, 0.15) is 17.2 Å². The Morgan fingerprint density at radius 2 is 1.07 bits per heavy atom. The van der Waals surface area contributed by atoms with E-state index in [1.54, 1.807) is 0 Å². The number of benzene rings is 6. The molecule has 3 heteroatoms. The van der Waals surface area contributed by atoms with Gasteiger partial charge in [-0.05, 0) is 64.2 Å². The molecular weight excluding hydrogens is 500 g/mol. The maximum atomic E-state index is 10.3. The van der Waals surface area contributed by atoms with Gasteiger partial charge in [-0.1, -0.05) is 97.1 Å². The van der Waals surface area contributed by atoms with Crippen molar-refractivity contribution >= 4 is 21.9 Å². The lowest BCUT2D eigenvalue weighted by atomic mass is 9.88. The summed E-state index contributed by atoms with van der Waals surface area (Å²) < 4.78 is 6.51. The highest BCUT2D eigenvalue weighted by Crippen LogP contribution is 2.41. The van der Waals surface area contributed by atoms with Gasteiger partial charge >= 0.3 is 0 Å². The average molecular weight is 523 g/mol. The molecule has 6 aromatic carbocycles. The molecule has 41 heavy (non-hydrogen) atoms. The Bertz CT molecular complexity index is 2080. The molecule has 0 saturated heterocycles. The van der Waals surface area contributed by atoms with Crippen LogP contribution < -0.4 is 0 Å². The molecular formula is C38H22N2O. The second kappa shape index (κ2) is 10.0. The molecule has 0 fully saturated rings. The molecule has 0 aliphatic heterocycles. The van der Waals surface area contributed by atoms with E-state index in [2.05, 4.69) is 54.6 Å². The van der Waals surface area contributed by atoms with E-state index in [-0.39, 0.29) is 0 Å². The van der Waals surface area contributed by atoms with Gasteiger partial charge in [0, 0.05) is 27.5 Å². The highest BCUT2D eigenvalue weighted by atomic mass is 16.3. The van der Waals surface area contributed by atoms with Crippen LogP contribution in [0.15, 0.2) is 138 Å². The van der Waals surface area contributed by atoms with Gasteiger partial charge in [-0.15, -0.1) is 0 Å². The van der Waals surface area contributed by atoms with Gasteiger partial charge in [0.15, 0.2) is 0 Å². The minimum atomic E-state index is 0.639. The first-order valence-corrected chi connectivity index (χ1v) is 13.4. The second-order valence-electron chi connectivity index (χ2n) is 9.97. The van der Waals surface area contributed by atoms with Crippen molar-refractivity contribution in [3.63, 3.8) is 0 Å². The molecule has 0 atom stereocenters. The van der Waals surface area contributed by atoms with Crippen LogP contribution in [0.25, 0.3) is 66.4 Å². The highest BCUT2D eigenvalue weighted by molar-refractivity contribution is 6.11. The van der Waals surface area contributed by atoms with E-state index in [1.807, 2.05) is 91.0 Å². The van der Waals surface area contributed by atoms with Crippen LogP contribution in [0, 0.1) is 22.7 Å². The normalized spacial score (nSPS) is 10.9. The lowest BCUT2D eigenvalue weighted by Gasteiger charge is -2.14. The third-order valence-corrected chi connectivity index (χ3v) is 7.57. The summed E-state index contributed by atoms with van der Waals surface area (Å²) in [6.07, 6.45) is 0. The van der Waals surface area contributed by atoms with Crippen LogP contribution in [0.3, 0.4) is 0 Å². The van der Waals surface area contributed by atoms with Crippen LogP contribution in [0.4, 0.5) is 0 Å². The van der Waals surface area contributed by atoms with Gasteiger partial charge in [0.25, 0.3) is 0 Å². The predicted octanol–water partition coefficient (Wildman–Crippen LogP) is 10.00. The number of fused-ring (bicyclic) bond motifs is 3.